The van der Waals surface area contributed by atoms with Crippen molar-refractivity contribution in [3.05, 3.63) is 36.2 Å². The monoisotopic (exact) mass is 370 g/mol. The maximum atomic E-state index is 12.8. The van der Waals surface area contributed by atoms with E-state index < -0.39 is 0 Å². The van der Waals surface area contributed by atoms with Crippen LogP contribution in [0.4, 0.5) is 5.69 Å². The van der Waals surface area contributed by atoms with Crippen molar-refractivity contribution in [3.63, 3.8) is 0 Å². The van der Waals surface area contributed by atoms with Crippen molar-refractivity contribution < 1.29 is 19.0 Å². The lowest BCUT2D eigenvalue weighted by Gasteiger charge is -2.14. The number of nitrogens with one attached hydrogen (secondary N) is 1. The fourth-order valence-corrected chi connectivity index (χ4v) is 2.79. The molecule has 0 unspecified atom stereocenters. The summed E-state index contributed by atoms with van der Waals surface area (Å²) in [4.78, 5) is 17.2. The van der Waals surface area contributed by atoms with E-state index in [2.05, 4.69) is 15.4 Å². The van der Waals surface area contributed by atoms with Gasteiger partial charge >= 0.3 is 0 Å². The summed E-state index contributed by atoms with van der Waals surface area (Å²) in [6.07, 6.45) is 3.34. The maximum absolute atomic E-state index is 12.8. The first-order chi connectivity index (χ1) is 13.0. The molecular weight excluding hydrogens is 348 g/mol. The SMILES string of the molecule is COc1cc(OC)c(C(=O)Nc2cnc3c(cnn3C(C)C)c2)cc1OC. The van der Waals surface area contributed by atoms with Gasteiger partial charge in [-0.1, -0.05) is 0 Å². The number of fused-ring (bicyclic) bond motifs is 1. The van der Waals surface area contributed by atoms with Gasteiger partial charge in [0.2, 0.25) is 0 Å². The molecule has 0 bridgehead atoms. The zero-order valence-corrected chi connectivity index (χ0v) is 15.9. The molecule has 0 aliphatic rings. The molecule has 0 aliphatic heterocycles. The largest absolute Gasteiger partial charge is 0.496 e. The molecule has 0 atom stereocenters. The van der Waals surface area contributed by atoms with Gasteiger partial charge in [0.15, 0.2) is 17.1 Å². The smallest absolute Gasteiger partial charge is 0.259 e. The fourth-order valence-electron chi connectivity index (χ4n) is 2.79. The Morgan fingerprint density at radius 1 is 1.00 bits per heavy atom. The number of benzene rings is 1. The Bertz CT molecular complexity index is 981. The Labute approximate surface area is 157 Å². The van der Waals surface area contributed by atoms with E-state index in [9.17, 15) is 4.79 Å². The number of nitrogens with zero attached hydrogens (tertiary/aromatic N) is 3. The lowest BCUT2D eigenvalue weighted by atomic mass is 10.1. The molecular formula is C19H22N4O4. The zero-order valence-electron chi connectivity index (χ0n) is 15.9. The minimum absolute atomic E-state index is 0.200. The van der Waals surface area contributed by atoms with Crippen molar-refractivity contribution in [1.82, 2.24) is 14.8 Å². The number of pyridine rings is 1. The summed E-state index contributed by atoms with van der Waals surface area (Å²) in [5.74, 6) is 0.961. The highest BCUT2D eigenvalue weighted by Gasteiger charge is 2.18. The number of ether oxygens (including phenoxy) is 3. The standard InChI is InChI=1S/C19H22N4O4/c1-11(2)23-18-12(9-21-23)6-13(10-20-18)22-19(24)14-7-16(26-4)17(27-5)8-15(14)25-3/h6-11H,1-5H3,(H,22,24). The molecule has 3 rings (SSSR count). The molecule has 2 heterocycles. The number of rotatable bonds is 6. The summed E-state index contributed by atoms with van der Waals surface area (Å²) < 4.78 is 17.7. The molecule has 1 aromatic carbocycles. The van der Waals surface area contributed by atoms with Gasteiger partial charge in [-0.3, -0.25) is 4.79 Å². The molecule has 2 aromatic heterocycles. The predicted molar refractivity (Wildman–Crippen MR) is 102 cm³/mol. The number of anilines is 1. The molecule has 1 N–H and O–H groups in total. The quantitative estimate of drug-likeness (QED) is 0.716. The first-order valence-corrected chi connectivity index (χ1v) is 8.43. The lowest BCUT2D eigenvalue weighted by Crippen LogP contribution is -2.14. The van der Waals surface area contributed by atoms with E-state index in [1.165, 1.54) is 21.3 Å². The molecule has 8 heteroatoms. The number of methoxy groups -OCH3 is 3. The van der Waals surface area contributed by atoms with Crippen LogP contribution in [0.25, 0.3) is 11.0 Å². The van der Waals surface area contributed by atoms with E-state index in [-0.39, 0.29) is 11.9 Å². The minimum Gasteiger partial charge on any atom is -0.496 e. The van der Waals surface area contributed by atoms with Gasteiger partial charge in [0, 0.05) is 23.6 Å². The van der Waals surface area contributed by atoms with E-state index in [4.69, 9.17) is 14.2 Å². The summed E-state index contributed by atoms with van der Waals surface area (Å²) >= 11 is 0. The third kappa shape index (κ3) is 3.51. The summed E-state index contributed by atoms with van der Waals surface area (Å²) in [6.45, 7) is 4.07. The van der Waals surface area contributed by atoms with Crippen LogP contribution in [-0.4, -0.2) is 42.0 Å². The van der Waals surface area contributed by atoms with Gasteiger partial charge in [0.05, 0.1) is 45.0 Å². The van der Waals surface area contributed by atoms with Gasteiger partial charge in [0.1, 0.15) is 5.75 Å². The Balaban J connectivity index is 1.92. The van der Waals surface area contributed by atoms with Crippen LogP contribution in [-0.2, 0) is 0 Å². The van der Waals surface area contributed by atoms with Crippen LogP contribution >= 0.6 is 0 Å². The highest BCUT2D eigenvalue weighted by molar-refractivity contribution is 6.07. The molecule has 0 radical (unpaired) electrons. The molecule has 8 nitrogen and oxygen atoms in total. The number of aromatic nitrogens is 3. The Morgan fingerprint density at radius 2 is 1.67 bits per heavy atom. The Hall–Kier alpha value is -3.29. The first kappa shape index (κ1) is 18.5. The molecule has 0 aliphatic carbocycles. The zero-order chi connectivity index (χ0) is 19.6. The number of hydrogen-bond acceptors (Lipinski definition) is 6. The van der Waals surface area contributed by atoms with Crippen molar-refractivity contribution in [1.29, 1.82) is 0 Å². The highest BCUT2D eigenvalue weighted by atomic mass is 16.5. The average Bonchev–Trinajstić information content (AvgIpc) is 3.10. The molecule has 0 saturated carbocycles. The molecule has 0 spiro atoms. The second-order valence-corrected chi connectivity index (χ2v) is 6.18. The Morgan fingerprint density at radius 3 is 2.30 bits per heavy atom. The van der Waals surface area contributed by atoms with Gasteiger partial charge < -0.3 is 19.5 Å². The maximum Gasteiger partial charge on any atom is 0.259 e. The van der Waals surface area contributed by atoms with Crippen LogP contribution in [0.3, 0.4) is 0 Å². The molecule has 3 aromatic rings. The van der Waals surface area contributed by atoms with Crippen molar-refractivity contribution in [2.24, 2.45) is 0 Å². The van der Waals surface area contributed by atoms with Crippen molar-refractivity contribution in [2.45, 2.75) is 19.9 Å². The third-order valence-corrected chi connectivity index (χ3v) is 4.13. The van der Waals surface area contributed by atoms with Gasteiger partial charge in [-0.15, -0.1) is 0 Å². The van der Waals surface area contributed by atoms with Crippen LogP contribution in [0, 0.1) is 0 Å². The number of hydrogen-bond donors (Lipinski definition) is 1. The minimum atomic E-state index is -0.342. The summed E-state index contributed by atoms with van der Waals surface area (Å²) in [6, 6.07) is 5.23. The number of amides is 1. The molecule has 0 fully saturated rings. The van der Waals surface area contributed by atoms with Crippen molar-refractivity contribution >= 4 is 22.6 Å². The lowest BCUT2D eigenvalue weighted by molar-refractivity contribution is 0.102. The van der Waals surface area contributed by atoms with Crippen LogP contribution in [0.15, 0.2) is 30.6 Å². The topological polar surface area (TPSA) is 87.5 Å². The summed E-state index contributed by atoms with van der Waals surface area (Å²) in [5, 5.41) is 8.02. The van der Waals surface area contributed by atoms with Gasteiger partial charge in [-0.2, -0.15) is 5.10 Å². The number of carbonyl (C=O) groups is 1. The van der Waals surface area contributed by atoms with Crippen LogP contribution in [0.1, 0.15) is 30.2 Å². The van der Waals surface area contributed by atoms with E-state index in [1.807, 2.05) is 24.6 Å². The summed E-state index contributed by atoms with van der Waals surface area (Å²) in [7, 11) is 4.53. The van der Waals surface area contributed by atoms with Gasteiger partial charge in [0.25, 0.3) is 5.91 Å². The van der Waals surface area contributed by atoms with Crippen LogP contribution in [0.5, 0.6) is 17.2 Å². The van der Waals surface area contributed by atoms with E-state index in [1.54, 1.807) is 24.5 Å². The highest BCUT2D eigenvalue weighted by Crippen LogP contribution is 2.35. The Kier molecular flexibility index (Phi) is 5.16. The second-order valence-electron chi connectivity index (χ2n) is 6.18. The first-order valence-electron chi connectivity index (χ1n) is 8.43. The summed E-state index contributed by atoms with van der Waals surface area (Å²) in [5.41, 5.74) is 1.66. The average molecular weight is 370 g/mol. The van der Waals surface area contributed by atoms with E-state index in [0.29, 0.717) is 28.5 Å². The third-order valence-electron chi connectivity index (χ3n) is 4.13. The predicted octanol–water partition coefficient (Wildman–Crippen LogP) is 3.29. The van der Waals surface area contributed by atoms with Crippen LogP contribution < -0.4 is 19.5 Å². The van der Waals surface area contributed by atoms with Gasteiger partial charge in [-0.25, -0.2) is 9.67 Å². The molecule has 27 heavy (non-hydrogen) atoms. The van der Waals surface area contributed by atoms with Crippen LogP contribution in [0.2, 0.25) is 0 Å². The molecule has 142 valence electrons. The fraction of sp³-hybridized carbons (Fsp3) is 0.316. The van der Waals surface area contributed by atoms with E-state index >= 15 is 0 Å². The van der Waals surface area contributed by atoms with Gasteiger partial charge in [-0.05, 0) is 19.9 Å². The van der Waals surface area contributed by atoms with Crippen molar-refractivity contribution in [2.75, 3.05) is 26.6 Å². The molecule has 0 saturated heterocycles. The molecule has 1 amide bonds. The van der Waals surface area contributed by atoms with Crippen molar-refractivity contribution in [3.8, 4) is 17.2 Å². The number of carbonyl (C=O) groups excluding carboxylic acids is 1. The normalized spacial score (nSPS) is 10.9. The second kappa shape index (κ2) is 7.53. The van der Waals surface area contributed by atoms with E-state index in [0.717, 1.165) is 11.0 Å².